The predicted octanol–water partition coefficient (Wildman–Crippen LogP) is 6.42. The molecule has 1 N–H and O–H groups in total. The molecule has 2 aromatic heterocycles. The molecule has 4 aromatic rings. The van der Waals surface area contributed by atoms with Gasteiger partial charge in [0, 0.05) is 21.8 Å². The van der Waals surface area contributed by atoms with Crippen molar-refractivity contribution in [2.24, 2.45) is 0 Å². The minimum atomic E-state index is -0.145. The quantitative estimate of drug-likeness (QED) is 0.348. The first-order valence-corrected chi connectivity index (χ1v) is 12.7. The molecule has 32 heavy (non-hydrogen) atoms. The fourth-order valence-corrected chi connectivity index (χ4v) is 6.01. The second kappa shape index (κ2) is 8.71. The molecule has 2 aromatic carbocycles. The van der Waals surface area contributed by atoms with E-state index in [0.29, 0.717) is 16.6 Å². The number of amides is 1. The number of hydrogen-bond donors (Lipinski definition) is 1. The monoisotopic (exact) mass is 462 g/mol. The Morgan fingerprint density at radius 2 is 1.91 bits per heavy atom. The number of carbonyl (C=O) groups is 1. The number of carbonyl (C=O) groups excluding carboxylic acids is 1. The maximum atomic E-state index is 13.0. The van der Waals surface area contributed by atoms with E-state index < -0.39 is 0 Å². The van der Waals surface area contributed by atoms with Crippen molar-refractivity contribution in [3.63, 3.8) is 0 Å². The van der Waals surface area contributed by atoms with Crippen LogP contribution in [0.3, 0.4) is 0 Å². The van der Waals surface area contributed by atoms with Crippen LogP contribution in [0.4, 0.5) is 5.82 Å². The fraction of sp³-hybridized carbons (Fsp3) is 0.320. The van der Waals surface area contributed by atoms with E-state index in [9.17, 15) is 4.79 Å². The molecular formula is C25H26N4OS2. The number of thioether (sulfide) groups is 1. The van der Waals surface area contributed by atoms with E-state index in [1.165, 1.54) is 28.7 Å². The van der Waals surface area contributed by atoms with Gasteiger partial charge in [-0.1, -0.05) is 31.3 Å². The zero-order chi connectivity index (χ0) is 22.2. The zero-order valence-electron chi connectivity index (χ0n) is 18.5. The van der Waals surface area contributed by atoms with Crippen LogP contribution in [0, 0.1) is 6.92 Å². The maximum Gasteiger partial charge on any atom is 0.256 e. The molecule has 7 heteroatoms. The lowest BCUT2D eigenvalue weighted by Gasteiger charge is -2.14. The van der Waals surface area contributed by atoms with E-state index in [1.54, 1.807) is 27.8 Å². The van der Waals surface area contributed by atoms with Gasteiger partial charge in [-0.25, -0.2) is 4.98 Å². The Morgan fingerprint density at radius 3 is 2.69 bits per heavy atom. The third-order valence-corrected chi connectivity index (χ3v) is 7.55. The number of rotatable bonds is 5. The molecular weight excluding hydrogens is 436 g/mol. The molecule has 0 atom stereocenters. The van der Waals surface area contributed by atoms with Gasteiger partial charge in [-0.2, -0.15) is 9.78 Å². The number of fused-ring (bicyclic) bond motifs is 2. The highest BCUT2D eigenvalue weighted by molar-refractivity contribution is 7.99. The van der Waals surface area contributed by atoms with Crippen LogP contribution in [0.2, 0.25) is 0 Å². The SMILES string of the molecule is Cc1cc(NC(=O)c2cccc(SC(C)C)c2)n(-c2nc3cc4c(cc3s2)CCCC4)n1. The van der Waals surface area contributed by atoms with Gasteiger partial charge < -0.3 is 5.32 Å². The van der Waals surface area contributed by atoms with Gasteiger partial charge in [0.25, 0.3) is 5.91 Å². The molecule has 0 saturated carbocycles. The molecule has 164 valence electrons. The van der Waals surface area contributed by atoms with Crippen molar-refractivity contribution in [2.45, 2.75) is 56.6 Å². The first-order chi connectivity index (χ1) is 15.5. The summed E-state index contributed by atoms with van der Waals surface area (Å²) in [4.78, 5) is 19.0. The number of benzene rings is 2. The van der Waals surface area contributed by atoms with Crippen molar-refractivity contribution in [3.05, 3.63) is 64.8 Å². The summed E-state index contributed by atoms with van der Waals surface area (Å²) in [5.41, 5.74) is 5.35. The number of anilines is 1. The Hall–Kier alpha value is -2.64. The van der Waals surface area contributed by atoms with Crippen molar-refractivity contribution >= 4 is 45.0 Å². The average Bonchev–Trinajstić information content (AvgIpc) is 3.34. The smallest absolute Gasteiger partial charge is 0.256 e. The minimum Gasteiger partial charge on any atom is -0.306 e. The molecule has 0 saturated heterocycles. The van der Waals surface area contributed by atoms with Gasteiger partial charge in [0.15, 0.2) is 0 Å². The Kier molecular flexibility index (Phi) is 5.78. The molecule has 1 aliphatic rings. The van der Waals surface area contributed by atoms with E-state index in [4.69, 9.17) is 4.98 Å². The third kappa shape index (κ3) is 4.32. The minimum absolute atomic E-state index is 0.145. The lowest BCUT2D eigenvalue weighted by atomic mass is 9.92. The number of hydrogen-bond acceptors (Lipinski definition) is 5. The number of aromatic nitrogens is 3. The fourth-order valence-electron chi connectivity index (χ4n) is 4.14. The highest BCUT2D eigenvalue weighted by Gasteiger charge is 2.18. The van der Waals surface area contributed by atoms with Gasteiger partial charge in [0.1, 0.15) is 5.82 Å². The molecule has 0 bridgehead atoms. The summed E-state index contributed by atoms with van der Waals surface area (Å²) in [5, 5.41) is 8.90. The molecule has 1 aliphatic carbocycles. The third-order valence-electron chi connectivity index (χ3n) is 5.56. The van der Waals surface area contributed by atoms with Gasteiger partial charge in [0.05, 0.1) is 15.9 Å². The van der Waals surface area contributed by atoms with Crippen molar-refractivity contribution in [1.82, 2.24) is 14.8 Å². The second-order valence-electron chi connectivity index (χ2n) is 8.52. The van der Waals surface area contributed by atoms with Gasteiger partial charge >= 0.3 is 0 Å². The Labute approximate surface area is 196 Å². The van der Waals surface area contributed by atoms with Crippen LogP contribution >= 0.6 is 23.1 Å². The molecule has 0 unspecified atom stereocenters. The number of nitrogens with one attached hydrogen (secondary N) is 1. The summed E-state index contributed by atoms with van der Waals surface area (Å²) in [7, 11) is 0. The summed E-state index contributed by atoms with van der Waals surface area (Å²) in [6.45, 7) is 6.22. The second-order valence-corrected chi connectivity index (χ2v) is 11.2. The Bertz CT molecular complexity index is 1260. The topological polar surface area (TPSA) is 59.8 Å². The molecule has 0 fully saturated rings. The largest absolute Gasteiger partial charge is 0.306 e. The molecule has 5 rings (SSSR count). The molecule has 0 spiro atoms. The molecule has 1 amide bonds. The van der Waals surface area contributed by atoms with Crippen LogP contribution in [-0.4, -0.2) is 25.9 Å². The molecule has 2 heterocycles. The van der Waals surface area contributed by atoms with E-state index >= 15 is 0 Å². The van der Waals surface area contributed by atoms with Crippen LogP contribution < -0.4 is 5.32 Å². The summed E-state index contributed by atoms with van der Waals surface area (Å²) in [6.07, 6.45) is 4.79. The summed E-state index contributed by atoms with van der Waals surface area (Å²) in [5.74, 6) is 0.493. The summed E-state index contributed by atoms with van der Waals surface area (Å²) >= 11 is 3.36. The molecule has 5 nitrogen and oxygen atoms in total. The normalized spacial score (nSPS) is 13.5. The zero-order valence-corrected chi connectivity index (χ0v) is 20.1. The summed E-state index contributed by atoms with van der Waals surface area (Å²) in [6, 6.07) is 14.2. The van der Waals surface area contributed by atoms with Crippen LogP contribution in [-0.2, 0) is 12.8 Å². The first-order valence-electron chi connectivity index (χ1n) is 11.0. The molecule has 0 aliphatic heterocycles. The lowest BCUT2D eigenvalue weighted by Crippen LogP contribution is -2.15. The van der Waals surface area contributed by atoms with Crippen molar-refractivity contribution in [3.8, 4) is 5.13 Å². The van der Waals surface area contributed by atoms with Crippen LogP contribution in [0.1, 0.15) is 53.9 Å². The van der Waals surface area contributed by atoms with Crippen LogP contribution in [0.25, 0.3) is 15.3 Å². The Morgan fingerprint density at radius 1 is 1.12 bits per heavy atom. The van der Waals surface area contributed by atoms with Gasteiger partial charge in [0.2, 0.25) is 5.13 Å². The van der Waals surface area contributed by atoms with Crippen LogP contribution in [0.5, 0.6) is 0 Å². The summed E-state index contributed by atoms with van der Waals surface area (Å²) < 4.78 is 2.92. The van der Waals surface area contributed by atoms with E-state index in [2.05, 4.69) is 36.4 Å². The highest BCUT2D eigenvalue weighted by atomic mass is 32.2. The van der Waals surface area contributed by atoms with Gasteiger partial charge in [-0.05, 0) is 74.1 Å². The van der Waals surface area contributed by atoms with E-state index in [0.717, 1.165) is 34.1 Å². The lowest BCUT2D eigenvalue weighted by molar-refractivity contribution is 0.102. The van der Waals surface area contributed by atoms with Gasteiger partial charge in [-0.3, -0.25) is 4.79 Å². The van der Waals surface area contributed by atoms with Crippen molar-refractivity contribution in [2.75, 3.05) is 5.32 Å². The number of aryl methyl sites for hydroxylation is 3. The molecule has 0 radical (unpaired) electrons. The standard InChI is InChI=1S/C25H26N4OS2/c1-15(2)31-20-10-6-9-19(12-20)24(30)27-23-11-16(3)28-29(23)25-26-21-13-17-7-4-5-8-18(17)14-22(21)32-25/h6,9-15H,4-5,7-8H2,1-3H3,(H,27,30). The average molecular weight is 463 g/mol. The number of thiazole rings is 1. The Balaban J connectivity index is 1.45. The van der Waals surface area contributed by atoms with E-state index in [1.807, 2.05) is 37.3 Å². The van der Waals surface area contributed by atoms with Crippen molar-refractivity contribution < 1.29 is 4.79 Å². The maximum absolute atomic E-state index is 13.0. The van der Waals surface area contributed by atoms with Gasteiger partial charge in [-0.15, -0.1) is 11.8 Å². The van der Waals surface area contributed by atoms with Crippen LogP contribution in [0.15, 0.2) is 47.4 Å². The van der Waals surface area contributed by atoms with Crippen molar-refractivity contribution in [1.29, 1.82) is 0 Å². The number of nitrogens with zero attached hydrogens (tertiary/aromatic N) is 3. The highest BCUT2D eigenvalue weighted by Crippen LogP contribution is 2.32. The van der Waals surface area contributed by atoms with E-state index in [-0.39, 0.29) is 5.91 Å². The first kappa shape index (κ1) is 21.2. The predicted molar refractivity (Wildman–Crippen MR) is 134 cm³/mol.